The van der Waals surface area contributed by atoms with Crippen LogP contribution in [0.1, 0.15) is 5.56 Å². The predicted molar refractivity (Wildman–Crippen MR) is 114 cm³/mol. The van der Waals surface area contributed by atoms with Crippen molar-refractivity contribution in [3.05, 3.63) is 63.6 Å². The maximum Gasteiger partial charge on any atom is 0.234 e. The van der Waals surface area contributed by atoms with Crippen molar-refractivity contribution in [2.45, 2.75) is 14.4 Å². The molecule has 1 N–H and O–H groups in total. The van der Waals surface area contributed by atoms with Gasteiger partial charge in [-0.1, -0.05) is 74.5 Å². The van der Waals surface area contributed by atoms with Crippen molar-refractivity contribution in [2.24, 2.45) is 0 Å². The molecule has 2 aromatic carbocycles. The Bertz CT molecular complexity index is 872. The van der Waals surface area contributed by atoms with Crippen LogP contribution in [0, 0.1) is 0 Å². The van der Waals surface area contributed by atoms with Gasteiger partial charge in [-0.15, -0.1) is 10.2 Å². The lowest BCUT2D eigenvalue weighted by atomic mass is 10.2. The minimum atomic E-state index is -0.0668. The van der Waals surface area contributed by atoms with Crippen LogP contribution in [0.25, 0.3) is 0 Å². The highest BCUT2D eigenvalue weighted by Crippen LogP contribution is 2.31. The van der Waals surface area contributed by atoms with Gasteiger partial charge in [0.1, 0.15) is 0 Å². The fraction of sp³-hybridized carbons (Fsp3) is 0.118. The number of amides is 1. The summed E-state index contributed by atoms with van der Waals surface area (Å²) in [6.45, 7) is 0. The Morgan fingerprint density at radius 1 is 1.04 bits per heavy atom. The van der Waals surface area contributed by atoms with Gasteiger partial charge in [0.25, 0.3) is 0 Å². The Hall–Kier alpha value is -1.06. The fourth-order valence-corrected chi connectivity index (χ4v) is 5.06. The summed E-state index contributed by atoms with van der Waals surface area (Å²) in [7, 11) is 0. The summed E-state index contributed by atoms with van der Waals surface area (Å²) in [5.41, 5.74) is 1.95. The molecule has 0 aliphatic heterocycles. The molecular weight excluding hydrogens is 474 g/mol. The monoisotopic (exact) mass is 485 g/mol. The standard InChI is InChI=1S/C17H13BrClN3OS3/c18-12-3-7-14(8-4-12)20-15(23)10-25-17-22-21-16(26-17)24-9-11-1-5-13(19)6-2-11/h1-8H,9-10H2,(H,20,23). The zero-order chi connectivity index (χ0) is 18.4. The third kappa shape index (κ3) is 6.28. The molecule has 9 heteroatoms. The summed E-state index contributed by atoms with van der Waals surface area (Å²) in [6, 6.07) is 15.2. The largest absolute Gasteiger partial charge is 0.325 e. The van der Waals surface area contributed by atoms with E-state index in [1.165, 1.54) is 28.7 Å². The van der Waals surface area contributed by atoms with Crippen molar-refractivity contribution in [2.75, 3.05) is 11.1 Å². The molecule has 3 rings (SSSR count). The predicted octanol–water partition coefficient (Wildman–Crippen LogP) is 5.98. The van der Waals surface area contributed by atoms with Crippen LogP contribution in [0.4, 0.5) is 5.69 Å². The van der Waals surface area contributed by atoms with Crippen LogP contribution < -0.4 is 5.32 Å². The number of hydrogen-bond donors (Lipinski definition) is 1. The number of nitrogens with zero attached hydrogens (tertiary/aromatic N) is 2. The van der Waals surface area contributed by atoms with E-state index in [-0.39, 0.29) is 5.91 Å². The van der Waals surface area contributed by atoms with Crippen molar-refractivity contribution < 1.29 is 4.79 Å². The summed E-state index contributed by atoms with van der Waals surface area (Å²) in [5, 5.41) is 11.9. The van der Waals surface area contributed by atoms with Gasteiger partial charge < -0.3 is 5.32 Å². The van der Waals surface area contributed by atoms with Gasteiger partial charge in [-0.05, 0) is 42.0 Å². The fourth-order valence-electron chi connectivity index (χ4n) is 1.90. The van der Waals surface area contributed by atoms with Crippen molar-refractivity contribution in [3.8, 4) is 0 Å². The summed E-state index contributed by atoms with van der Waals surface area (Å²) < 4.78 is 2.65. The number of thioether (sulfide) groups is 2. The van der Waals surface area contributed by atoms with Crippen LogP contribution in [-0.2, 0) is 10.5 Å². The van der Waals surface area contributed by atoms with Crippen LogP contribution in [0.5, 0.6) is 0 Å². The molecule has 1 heterocycles. The molecule has 4 nitrogen and oxygen atoms in total. The van der Waals surface area contributed by atoms with Crippen LogP contribution in [0.2, 0.25) is 5.02 Å². The molecule has 0 fully saturated rings. The molecule has 0 aliphatic carbocycles. The van der Waals surface area contributed by atoms with E-state index in [0.717, 1.165) is 29.6 Å². The molecule has 1 aromatic heterocycles. The van der Waals surface area contributed by atoms with E-state index in [1.54, 1.807) is 11.8 Å². The van der Waals surface area contributed by atoms with Crippen molar-refractivity contribution in [1.29, 1.82) is 0 Å². The third-order valence-electron chi connectivity index (χ3n) is 3.12. The van der Waals surface area contributed by atoms with Gasteiger partial charge in [-0.25, -0.2) is 0 Å². The van der Waals surface area contributed by atoms with E-state index in [2.05, 4.69) is 31.4 Å². The van der Waals surface area contributed by atoms with Gasteiger partial charge in [-0.2, -0.15) is 0 Å². The molecule has 0 aliphatic rings. The Labute approximate surface area is 177 Å². The number of anilines is 1. The highest BCUT2D eigenvalue weighted by molar-refractivity contribution is 9.10. The first-order valence-corrected chi connectivity index (χ1v) is 11.4. The number of rotatable bonds is 7. The van der Waals surface area contributed by atoms with E-state index >= 15 is 0 Å². The van der Waals surface area contributed by atoms with E-state index in [4.69, 9.17) is 11.6 Å². The lowest BCUT2D eigenvalue weighted by Crippen LogP contribution is -2.13. The first-order chi connectivity index (χ1) is 12.6. The topological polar surface area (TPSA) is 54.9 Å². The van der Waals surface area contributed by atoms with Crippen LogP contribution in [0.3, 0.4) is 0 Å². The molecule has 0 atom stereocenters. The summed E-state index contributed by atoms with van der Waals surface area (Å²) >= 11 is 13.8. The van der Waals surface area contributed by atoms with Gasteiger partial charge in [-0.3, -0.25) is 4.79 Å². The number of carbonyl (C=O) groups is 1. The first kappa shape index (κ1) is 19.7. The van der Waals surface area contributed by atoms with Crippen LogP contribution in [0.15, 0.2) is 61.7 Å². The quantitative estimate of drug-likeness (QED) is 0.416. The zero-order valence-electron chi connectivity index (χ0n) is 13.3. The van der Waals surface area contributed by atoms with Gasteiger partial charge in [0.2, 0.25) is 5.91 Å². The number of aromatic nitrogens is 2. The van der Waals surface area contributed by atoms with Gasteiger partial charge in [0.05, 0.1) is 5.75 Å². The maximum absolute atomic E-state index is 12.0. The van der Waals surface area contributed by atoms with Gasteiger partial charge in [0.15, 0.2) is 8.68 Å². The average Bonchev–Trinajstić information content (AvgIpc) is 3.09. The molecule has 0 bridgehead atoms. The lowest BCUT2D eigenvalue weighted by molar-refractivity contribution is -0.113. The molecular formula is C17H13BrClN3OS3. The minimum Gasteiger partial charge on any atom is -0.325 e. The highest BCUT2D eigenvalue weighted by Gasteiger charge is 2.09. The molecule has 1 amide bonds. The highest BCUT2D eigenvalue weighted by atomic mass is 79.9. The first-order valence-electron chi connectivity index (χ1n) is 7.47. The summed E-state index contributed by atoms with van der Waals surface area (Å²) in [4.78, 5) is 12.0. The number of hydrogen-bond acceptors (Lipinski definition) is 6. The maximum atomic E-state index is 12.0. The molecule has 3 aromatic rings. The second kappa shape index (κ2) is 9.75. The van der Waals surface area contributed by atoms with Crippen LogP contribution in [-0.4, -0.2) is 21.9 Å². The smallest absolute Gasteiger partial charge is 0.234 e. The van der Waals surface area contributed by atoms with Crippen LogP contribution >= 0.6 is 62.4 Å². The molecule has 134 valence electrons. The van der Waals surface area contributed by atoms with E-state index in [0.29, 0.717) is 5.75 Å². The number of halogens is 2. The normalized spacial score (nSPS) is 10.7. The third-order valence-corrected chi connectivity index (χ3v) is 7.16. The Kier molecular flexibility index (Phi) is 7.39. The molecule has 0 radical (unpaired) electrons. The van der Waals surface area contributed by atoms with Crippen molar-refractivity contribution in [3.63, 3.8) is 0 Å². The van der Waals surface area contributed by atoms with E-state index in [1.807, 2.05) is 48.5 Å². The number of carbonyl (C=O) groups excluding carboxylic acids is 1. The van der Waals surface area contributed by atoms with Crippen molar-refractivity contribution in [1.82, 2.24) is 10.2 Å². The number of benzene rings is 2. The van der Waals surface area contributed by atoms with Gasteiger partial charge in [0, 0.05) is 20.9 Å². The lowest BCUT2D eigenvalue weighted by Gasteiger charge is -2.03. The SMILES string of the molecule is O=C(CSc1nnc(SCc2ccc(Cl)cc2)s1)Nc1ccc(Br)cc1. The average molecular weight is 487 g/mol. The molecule has 0 spiro atoms. The molecule has 0 unspecified atom stereocenters. The summed E-state index contributed by atoms with van der Waals surface area (Å²) in [6.07, 6.45) is 0. The Balaban J connectivity index is 1.45. The Morgan fingerprint density at radius 3 is 2.38 bits per heavy atom. The number of nitrogens with one attached hydrogen (secondary N) is 1. The van der Waals surface area contributed by atoms with E-state index in [9.17, 15) is 4.79 Å². The second-order valence-corrected chi connectivity index (χ2v) is 9.87. The minimum absolute atomic E-state index is 0.0668. The molecule has 0 saturated heterocycles. The second-order valence-electron chi connectivity index (χ2n) is 5.09. The molecule has 26 heavy (non-hydrogen) atoms. The van der Waals surface area contributed by atoms with Crippen molar-refractivity contribution >= 4 is 74.0 Å². The van der Waals surface area contributed by atoms with Gasteiger partial charge >= 0.3 is 0 Å². The van der Waals surface area contributed by atoms with E-state index < -0.39 is 0 Å². The Morgan fingerprint density at radius 2 is 1.69 bits per heavy atom. The molecule has 0 saturated carbocycles. The zero-order valence-corrected chi connectivity index (χ0v) is 18.1. The summed E-state index contributed by atoms with van der Waals surface area (Å²) in [5.74, 6) is 1.04.